The molecule has 1 aliphatic heterocycles. The molecule has 59 heavy (non-hydrogen) atoms. The number of nitrogens with one attached hydrogen (secondary N) is 4. The fourth-order valence-corrected chi connectivity index (χ4v) is 6.13. The normalized spacial score (nSPS) is 20.0. The van der Waals surface area contributed by atoms with Gasteiger partial charge in [-0.15, -0.1) is 0 Å². The lowest BCUT2D eigenvalue weighted by molar-refractivity contribution is -0.147. The zero-order chi connectivity index (χ0) is 45.6. The van der Waals surface area contributed by atoms with Gasteiger partial charge in [-0.05, 0) is 37.6 Å². The number of carbonyl (C=O) groups is 6. The lowest BCUT2D eigenvalue weighted by Gasteiger charge is -2.34. The molecule has 2 rings (SSSR count). The molecule has 11 atom stereocenters. The Balaban J connectivity index is 0.00000814. The van der Waals surface area contributed by atoms with Crippen LogP contribution in [0.4, 0.5) is 0 Å². The van der Waals surface area contributed by atoms with E-state index in [1.807, 2.05) is 27.7 Å². The number of aliphatic hydroxyl groups is 7. The van der Waals surface area contributed by atoms with Gasteiger partial charge >= 0.3 is 0 Å². The molecular weight excluding hydrogens is 778 g/mol. The molecule has 21 heteroatoms. The molecule has 1 aromatic rings. The van der Waals surface area contributed by atoms with Crippen molar-refractivity contribution in [3.63, 3.8) is 0 Å². The van der Waals surface area contributed by atoms with Gasteiger partial charge in [0, 0.05) is 25.4 Å². The minimum absolute atomic E-state index is 0.0475. The second-order valence-corrected chi connectivity index (χ2v) is 13.3. The number of amides is 5. The third kappa shape index (κ3) is 16.0. The van der Waals surface area contributed by atoms with E-state index in [-0.39, 0.29) is 31.7 Å². The van der Waals surface area contributed by atoms with Crippen LogP contribution >= 0.6 is 0 Å². The first kappa shape index (κ1) is 54.7. The van der Waals surface area contributed by atoms with Crippen molar-refractivity contribution in [3.05, 3.63) is 29.8 Å². The average Bonchev–Trinajstić information content (AvgIpc) is 3.53. The number of nitrogens with zero attached hydrogens (tertiary/aromatic N) is 2. The fourth-order valence-electron chi connectivity index (χ4n) is 6.13. The number of aldehydes is 1. The number of rotatable bonds is 22. The molecule has 0 spiro atoms. The van der Waals surface area contributed by atoms with E-state index in [9.17, 15) is 69.6 Å². The molecule has 1 aliphatic rings. The Morgan fingerprint density at radius 3 is 1.98 bits per heavy atom. The van der Waals surface area contributed by atoms with Crippen LogP contribution in [0.1, 0.15) is 59.9 Å². The molecule has 0 aromatic heterocycles. The number of phenols is 1. The number of aromatic hydroxyl groups is 1. The Bertz CT molecular complexity index is 1440. The van der Waals surface area contributed by atoms with Crippen LogP contribution < -0.4 is 27.0 Å². The molecule has 11 unspecified atom stereocenters. The maximum atomic E-state index is 13.9. The van der Waals surface area contributed by atoms with E-state index in [4.69, 9.17) is 5.73 Å². The summed E-state index contributed by atoms with van der Waals surface area (Å²) in [5, 5.41) is 91.2. The van der Waals surface area contributed by atoms with E-state index in [0.717, 1.165) is 9.80 Å². The molecule has 338 valence electrons. The van der Waals surface area contributed by atoms with E-state index in [1.165, 1.54) is 45.2 Å². The molecule has 5 amide bonds. The number of aliphatic hydroxyl groups excluding tert-OH is 7. The summed E-state index contributed by atoms with van der Waals surface area (Å²) in [7, 11) is 1.40. The summed E-state index contributed by atoms with van der Waals surface area (Å²) in [5.74, 6) is -5.92. The number of hydrogen-bond acceptors (Lipinski definition) is 16. The van der Waals surface area contributed by atoms with Gasteiger partial charge in [0.1, 0.15) is 48.3 Å². The molecule has 0 bridgehead atoms. The third-order valence-corrected chi connectivity index (χ3v) is 9.28. The van der Waals surface area contributed by atoms with E-state index in [1.54, 1.807) is 0 Å². The average molecular weight is 846 g/mol. The lowest BCUT2D eigenvalue weighted by Crippen LogP contribution is -2.63. The highest BCUT2D eigenvalue weighted by Crippen LogP contribution is 2.25. The zero-order valence-electron chi connectivity index (χ0n) is 34.9. The van der Waals surface area contributed by atoms with Crippen molar-refractivity contribution >= 4 is 35.8 Å². The first-order chi connectivity index (χ1) is 28.0. The largest absolute Gasteiger partial charge is 0.508 e. The van der Waals surface area contributed by atoms with Crippen LogP contribution in [0.15, 0.2) is 24.3 Å². The number of likely N-dealkylation sites (N-methyl/N-ethyl adjacent to an activating group) is 1. The van der Waals surface area contributed by atoms with E-state index in [2.05, 4.69) is 21.3 Å². The molecule has 0 saturated carbocycles. The van der Waals surface area contributed by atoms with Crippen LogP contribution in [0.2, 0.25) is 0 Å². The van der Waals surface area contributed by atoms with Crippen molar-refractivity contribution in [2.24, 2.45) is 11.7 Å². The van der Waals surface area contributed by atoms with Crippen LogP contribution in [0.5, 0.6) is 5.75 Å². The zero-order valence-corrected chi connectivity index (χ0v) is 34.9. The number of carbonyl (C=O) groups excluding carboxylic acids is 6. The Morgan fingerprint density at radius 2 is 1.49 bits per heavy atom. The maximum Gasteiger partial charge on any atom is 0.248 e. The second-order valence-electron chi connectivity index (χ2n) is 13.3. The Kier molecular flexibility index (Phi) is 26.1. The van der Waals surface area contributed by atoms with Crippen LogP contribution in [-0.4, -0.2) is 187 Å². The summed E-state index contributed by atoms with van der Waals surface area (Å²) < 4.78 is 0. The summed E-state index contributed by atoms with van der Waals surface area (Å²) in [4.78, 5) is 80.5. The lowest BCUT2D eigenvalue weighted by atomic mass is 9.99. The maximum absolute atomic E-state index is 13.9. The van der Waals surface area contributed by atoms with Crippen molar-refractivity contribution in [2.45, 2.75) is 122 Å². The summed E-state index contributed by atoms with van der Waals surface area (Å²) in [6, 6.07) is -3.49. The number of phenolic OH excluding ortho intramolecular Hbond substituents is 1. The minimum atomic E-state index is -1.96. The predicted molar refractivity (Wildman–Crippen MR) is 214 cm³/mol. The fraction of sp³-hybridized carbons (Fsp3) is 0.684. The topological polar surface area (TPSA) is 345 Å². The van der Waals surface area contributed by atoms with Gasteiger partial charge in [0.05, 0.1) is 38.1 Å². The van der Waals surface area contributed by atoms with Crippen LogP contribution in [0.3, 0.4) is 0 Å². The molecule has 0 aliphatic carbocycles. The Labute approximate surface area is 344 Å². The van der Waals surface area contributed by atoms with E-state index >= 15 is 0 Å². The van der Waals surface area contributed by atoms with Gasteiger partial charge in [-0.3, -0.25) is 24.0 Å². The van der Waals surface area contributed by atoms with Gasteiger partial charge in [-0.25, -0.2) is 0 Å². The summed E-state index contributed by atoms with van der Waals surface area (Å²) in [5.41, 5.74) is 5.87. The molecule has 1 saturated heterocycles. The van der Waals surface area contributed by atoms with E-state index in [0.29, 0.717) is 11.8 Å². The second kappa shape index (κ2) is 28.2. The van der Waals surface area contributed by atoms with Crippen LogP contribution in [0, 0.1) is 5.92 Å². The number of hydrogen-bond donors (Lipinski definition) is 13. The molecular formula is C38H67N7O14. The SMILES string of the molecule is CC.CC.CCC(C(=O)NC(C(=O)NC(CO)C(=O)N1CC(C)C(O)C1C(=O)NC(O)C(O)CC(N)C=O)C(O)Cc1ccc(O)cc1)N(CCO)C(=O)C(CO)NC. The van der Waals surface area contributed by atoms with Gasteiger partial charge in [0.15, 0.2) is 6.23 Å². The number of benzene rings is 1. The summed E-state index contributed by atoms with van der Waals surface area (Å²) >= 11 is 0. The Hall–Kier alpha value is -4.32. The van der Waals surface area contributed by atoms with Gasteiger partial charge in [0.25, 0.3) is 0 Å². The van der Waals surface area contributed by atoms with Crippen LogP contribution in [0.25, 0.3) is 0 Å². The monoisotopic (exact) mass is 845 g/mol. The van der Waals surface area contributed by atoms with Gasteiger partial charge in [-0.1, -0.05) is 53.7 Å². The van der Waals surface area contributed by atoms with Gasteiger partial charge < -0.3 is 82.4 Å². The molecule has 1 heterocycles. The molecule has 21 nitrogen and oxygen atoms in total. The van der Waals surface area contributed by atoms with Gasteiger partial charge in [-0.2, -0.15) is 0 Å². The van der Waals surface area contributed by atoms with Gasteiger partial charge in [0.2, 0.25) is 29.5 Å². The van der Waals surface area contributed by atoms with Crippen molar-refractivity contribution in [1.82, 2.24) is 31.1 Å². The molecule has 1 aromatic carbocycles. The first-order valence-corrected chi connectivity index (χ1v) is 19.7. The highest BCUT2D eigenvalue weighted by molar-refractivity contribution is 5.96. The Morgan fingerprint density at radius 1 is 0.915 bits per heavy atom. The van der Waals surface area contributed by atoms with Crippen molar-refractivity contribution in [3.8, 4) is 5.75 Å². The number of nitrogens with two attached hydrogens (primary N) is 1. The summed E-state index contributed by atoms with van der Waals surface area (Å²) in [6.45, 7) is 8.15. The molecule has 0 radical (unpaired) electrons. The highest BCUT2D eigenvalue weighted by Gasteiger charge is 2.48. The molecule has 1 fully saturated rings. The third-order valence-electron chi connectivity index (χ3n) is 9.28. The summed E-state index contributed by atoms with van der Waals surface area (Å²) in [6.07, 6.45) is -7.35. The smallest absolute Gasteiger partial charge is 0.248 e. The van der Waals surface area contributed by atoms with Crippen molar-refractivity contribution in [2.75, 3.05) is 40.0 Å². The first-order valence-electron chi connectivity index (χ1n) is 19.7. The minimum Gasteiger partial charge on any atom is -0.508 e. The van der Waals surface area contributed by atoms with E-state index < -0.39 is 122 Å². The predicted octanol–water partition coefficient (Wildman–Crippen LogP) is -4.59. The van der Waals surface area contributed by atoms with Crippen molar-refractivity contribution < 1.29 is 69.6 Å². The molecule has 14 N–H and O–H groups in total. The quantitative estimate of drug-likeness (QED) is 0.0386. The van der Waals surface area contributed by atoms with Crippen LogP contribution in [-0.2, 0) is 35.2 Å². The van der Waals surface area contributed by atoms with Crippen molar-refractivity contribution in [1.29, 1.82) is 0 Å². The number of likely N-dealkylation sites (tertiary alicyclic amines) is 1. The standard InChI is InChI=1S/C34H55N7O14.2C2H6/c1-4-23(40(9-10-42)33(54)21(15-44)36-3)29(50)38-26(24(47)11-18-5-7-20(46)8-6-18)31(52)37-22(16-45)34(55)41-13-17(2)28(49)27(41)32(53)39-30(51)25(48)12-19(35)14-43;2*1-2/h5-8,14,17,19,21-28,30,36,42,44-49,51H,4,9-13,15-16,35H2,1-3H3,(H,37,52)(H,38,50)(H,39,53);2*1-2H3. The highest BCUT2D eigenvalue weighted by atomic mass is 16.3.